The molecule has 2 N–H and O–H groups in total. The van der Waals surface area contributed by atoms with Gasteiger partial charge < -0.3 is 15.4 Å². The molecule has 2 aromatic rings. The van der Waals surface area contributed by atoms with Crippen LogP contribution in [0.15, 0.2) is 41.2 Å². The van der Waals surface area contributed by atoms with Crippen LogP contribution in [-0.4, -0.2) is 35.1 Å². The number of rotatable bonds is 7. The van der Waals surface area contributed by atoms with Crippen molar-refractivity contribution in [1.82, 2.24) is 15.6 Å². The van der Waals surface area contributed by atoms with Crippen molar-refractivity contribution in [3.05, 3.63) is 52.5 Å². The molecular weight excluding hydrogens is 382 g/mol. The highest BCUT2D eigenvalue weighted by atomic mass is 32.1. The molecule has 0 aliphatic carbocycles. The van der Waals surface area contributed by atoms with Gasteiger partial charge in [-0.2, -0.15) is 0 Å². The number of Topliss-reactive ketones (excluding diaryl/α,β-unsaturated/α-hetero) is 2. The highest BCUT2D eigenvalue weighted by Crippen LogP contribution is 2.22. The fourth-order valence-corrected chi connectivity index (χ4v) is 3.47. The predicted molar refractivity (Wildman–Crippen MR) is 100 cm³/mol. The number of nitrogens with zero attached hydrogens (tertiary/aromatic N) is 1. The number of benzene rings is 1. The van der Waals surface area contributed by atoms with Gasteiger partial charge in [0.1, 0.15) is 12.6 Å². The van der Waals surface area contributed by atoms with Crippen molar-refractivity contribution in [2.24, 2.45) is 5.92 Å². The summed E-state index contributed by atoms with van der Waals surface area (Å²) in [5.41, 5.74) is 2.73. The standard InChI is InChI=1S/C19H19N3O5S/c23-15(8-13-6-7-20-18(25)17(13)24)16(14-10-28-11-21-14)22-19(26)27-9-12-4-2-1-3-5-12/h1-5,10-11,13,16H,6-9H2,(H,20,25)(H,22,26). The number of hydrogen-bond donors (Lipinski definition) is 2. The van der Waals surface area contributed by atoms with Gasteiger partial charge in [-0.15, -0.1) is 11.3 Å². The molecule has 0 spiro atoms. The number of ketones is 2. The van der Waals surface area contributed by atoms with Crippen LogP contribution in [0.3, 0.4) is 0 Å². The largest absolute Gasteiger partial charge is 0.445 e. The number of aromatic nitrogens is 1. The summed E-state index contributed by atoms with van der Waals surface area (Å²) < 4.78 is 5.18. The Morgan fingerprint density at radius 3 is 2.79 bits per heavy atom. The lowest BCUT2D eigenvalue weighted by molar-refractivity contribution is -0.143. The van der Waals surface area contributed by atoms with Gasteiger partial charge in [0.05, 0.1) is 11.2 Å². The molecular formula is C19H19N3O5S. The second-order valence-corrected chi connectivity index (χ2v) is 7.05. The van der Waals surface area contributed by atoms with Crippen LogP contribution in [0.4, 0.5) is 4.79 Å². The number of carbonyl (C=O) groups excluding carboxylic acids is 4. The lowest BCUT2D eigenvalue weighted by Crippen LogP contribution is -2.44. The third kappa shape index (κ3) is 5.01. The summed E-state index contributed by atoms with van der Waals surface area (Å²) in [5.74, 6) is -2.37. The number of thiazole rings is 1. The first-order valence-electron chi connectivity index (χ1n) is 8.74. The van der Waals surface area contributed by atoms with E-state index in [1.54, 1.807) is 10.9 Å². The van der Waals surface area contributed by atoms with Crippen LogP contribution in [0.5, 0.6) is 0 Å². The van der Waals surface area contributed by atoms with E-state index < -0.39 is 35.5 Å². The molecule has 0 saturated carbocycles. The summed E-state index contributed by atoms with van der Waals surface area (Å²) in [4.78, 5) is 52.5. The number of ether oxygens (including phenoxy) is 1. The van der Waals surface area contributed by atoms with Gasteiger partial charge in [0.2, 0.25) is 5.78 Å². The van der Waals surface area contributed by atoms with E-state index in [0.29, 0.717) is 18.7 Å². The molecule has 2 unspecified atom stereocenters. The van der Waals surface area contributed by atoms with Gasteiger partial charge in [-0.3, -0.25) is 14.4 Å². The summed E-state index contributed by atoms with van der Waals surface area (Å²) >= 11 is 1.28. The van der Waals surface area contributed by atoms with Crippen LogP contribution in [0.25, 0.3) is 0 Å². The van der Waals surface area contributed by atoms with Gasteiger partial charge in [-0.05, 0) is 12.0 Å². The molecule has 146 valence electrons. The monoisotopic (exact) mass is 401 g/mol. The maximum absolute atomic E-state index is 12.8. The Kier molecular flexibility index (Phi) is 6.49. The Morgan fingerprint density at radius 1 is 1.29 bits per heavy atom. The second kappa shape index (κ2) is 9.23. The topological polar surface area (TPSA) is 114 Å². The van der Waals surface area contributed by atoms with Gasteiger partial charge >= 0.3 is 6.09 Å². The van der Waals surface area contributed by atoms with Gasteiger partial charge in [0, 0.05) is 24.3 Å². The number of hydrogen-bond acceptors (Lipinski definition) is 7. The second-order valence-electron chi connectivity index (χ2n) is 6.33. The third-order valence-corrected chi connectivity index (χ3v) is 4.97. The molecule has 9 heteroatoms. The summed E-state index contributed by atoms with van der Waals surface area (Å²) in [7, 11) is 0. The van der Waals surface area contributed by atoms with E-state index in [9.17, 15) is 19.2 Å². The molecule has 28 heavy (non-hydrogen) atoms. The first-order chi connectivity index (χ1) is 13.5. The maximum atomic E-state index is 12.8. The SMILES string of the molecule is O=C(NC(C(=O)CC1CCNC(=O)C1=O)c1cscn1)OCc1ccccc1. The highest BCUT2D eigenvalue weighted by molar-refractivity contribution is 7.07. The minimum atomic E-state index is -1.03. The van der Waals surface area contributed by atoms with E-state index in [1.165, 1.54) is 11.3 Å². The lowest BCUT2D eigenvalue weighted by Gasteiger charge is -2.22. The normalized spacial score (nSPS) is 17.5. The number of carbonyl (C=O) groups is 4. The zero-order valence-electron chi connectivity index (χ0n) is 14.9. The smallest absolute Gasteiger partial charge is 0.408 e. The van der Waals surface area contributed by atoms with Crippen LogP contribution in [0.2, 0.25) is 0 Å². The molecule has 2 atom stereocenters. The van der Waals surface area contributed by atoms with Crippen LogP contribution < -0.4 is 10.6 Å². The molecule has 2 amide bonds. The third-order valence-electron chi connectivity index (χ3n) is 4.36. The molecule has 0 radical (unpaired) electrons. The Hall–Kier alpha value is -3.07. The highest BCUT2D eigenvalue weighted by Gasteiger charge is 2.34. The summed E-state index contributed by atoms with van der Waals surface area (Å²) in [6.07, 6.45) is -0.519. The zero-order chi connectivity index (χ0) is 19.9. The van der Waals surface area contributed by atoms with Crippen molar-refractivity contribution >= 4 is 34.9 Å². The number of piperidine rings is 1. The van der Waals surface area contributed by atoms with E-state index in [-0.39, 0.29) is 13.0 Å². The summed E-state index contributed by atoms with van der Waals surface area (Å²) in [5, 5.41) is 6.63. The predicted octanol–water partition coefficient (Wildman–Crippen LogP) is 1.77. The molecule has 1 aliphatic rings. The van der Waals surface area contributed by atoms with Crippen molar-refractivity contribution in [3.63, 3.8) is 0 Å². The Balaban J connectivity index is 1.64. The number of nitrogens with one attached hydrogen (secondary N) is 2. The average molecular weight is 401 g/mol. The molecule has 1 aromatic heterocycles. The molecule has 0 bridgehead atoms. The Bertz CT molecular complexity index is 854. The van der Waals surface area contributed by atoms with E-state index in [1.807, 2.05) is 30.3 Å². The van der Waals surface area contributed by atoms with Crippen molar-refractivity contribution in [1.29, 1.82) is 0 Å². The minimum absolute atomic E-state index is 0.0614. The van der Waals surface area contributed by atoms with Gasteiger partial charge in [-0.1, -0.05) is 30.3 Å². The zero-order valence-corrected chi connectivity index (χ0v) is 15.7. The molecule has 1 saturated heterocycles. The van der Waals surface area contributed by atoms with E-state index >= 15 is 0 Å². The van der Waals surface area contributed by atoms with Crippen molar-refractivity contribution in [2.45, 2.75) is 25.5 Å². The first kappa shape index (κ1) is 19.7. The minimum Gasteiger partial charge on any atom is -0.445 e. The van der Waals surface area contributed by atoms with Crippen molar-refractivity contribution in [3.8, 4) is 0 Å². The van der Waals surface area contributed by atoms with Gasteiger partial charge in [0.25, 0.3) is 5.91 Å². The van der Waals surface area contributed by atoms with Crippen LogP contribution in [-0.2, 0) is 25.7 Å². The van der Waals surface area contributed by atoms with E-state index in [0.717, 1.165) is 5.56 Å². The molecule has 8 nitrogen and oxygen atoms in total. The Labute approximate surface area is 165 Å². The van der Waals surface area contributed by atoms with Crippen LogP contribution in [0.1, 0.15) is 30.1 Å². The van der Waals surface area contributed by atoms with E-state index in [2.05, 4.69) is 15.6 Å². The maximum Gasteiger partial charge on any atom is 0.408 e. The average Bonchev–Trinajstić information content (AvgIpc) is 3.23. The van der Waals surface area contributed by atoms with Crippen molar-refractivity contribution < 1.29 is 23.9 Å². The number of alkyl carbamates (subject to hydrolysis) is 1. The van der Waals surface area contributed by atoms with Gasteiger partial charge in [-0.25, -0.2) is 9.78 Å². The Morgan fingerprint density at radius 2 is 2.07 bits per heavy atom. The van der Waals surface area contributed by atoms with Crippen LogP contribution >= 0.6 is 11.3 Å². The van der Waals surface area contributed by atoms with E-state index in [4.69, 9.17) is 4.74 Å². The fourth-order valence-electron chi connectivity index (χ4n) is 2.89. The number of amides is 2. The molecule has 1 fully saturated rings. The molecule has 1 aromatic carbocycles. The van der Waals surface area contributed by atoms with Gasteiger partial charge in [0.15, 0.2) is 5.78 Å². The molecule has 1 aliphatic heterocycles. The fraction of sp³-hybridized carbons (Fsp3) is 0.316. The lowest BCUT2D eigenvalue weighted by atomic mass is 9.88. The van der Waals surface area contributed by atoms with Crippen molar-refractivity contribution in [2.75, 3.05) is 6.54 Å². The van der Waals surface area contributed by atoms with Crippen LogP contribution in [0, 0.1) is 5.92 Å². The summed E-state index contributed by atoms with van der Waals surface area (Å²) in [6, 6.07) is 8.11. The summed E-state index contributed by atoms with van der Waals surface area (Å²) in [6.45, 7) is 0.405. The quantitative estimate of drug-likeness (QED) is 0.684. The molecule has 2 heterocycles. The molecule has 3 rings (SSSR count). The first-order valence-corrected chi connectivity index (χ1v) is 9.69.